The van der Waals surface area contributed by atoms with Gasteiger partial charge in [-0.05, 0) is 23.4 Å². The number of benzene rings is 1. The highest BCUT2D eigenvalue weighted by Crippen LogP contribution is 2.19. The molecule has 1 unspecified atom stereocenters. The maximum atomic E-state index is 5.90. The van der Waals surface area contributed by atoms with Crippen molar-refractivity contribution in [3.8, 4) is 0 Å². The van der Waals surface area contributed by atoms with E-state index in [-0.39, 0.29) is 6.10 Å². The molecular weight excluding hydrogens is 212 g/mol. The molecule has 0 spiro atoms. The quantitative estimate of drug-likeness (QED) is 0.674. The van der Waals surface area contributed by atoms with Crippen molar-refractivity contribution >= 4 is 17.1 Å². The molecule has 0 saturated carbocycles. The SMILES string of the molecule is CNC1=c2cc(N)ccc2=C2C=CC=CC2O1. The highest BCUT2D eigenvalue weighted by atomic mass is 16.5. The van der Waals surface area contributed by atoms with E-state index in [2.05, 4.69) is 17.5 Å². The van der Waals surface area contributed by atoms with Gasteiger partial charge in [0.2, 0.25) is 0 Å². The summed E-state index contributed by atoms with van der Waals surface area (Å²) in [7, 11) is 1.86. The standard InChI is InChI=1S/C14H14N2O/c1-16-14-12-8-9(15)6-7-10(12)11-4-2-3-5-13(11)17-14/h2-8,13,16H,15H2,1H3. The number of hydrogen-bond acceptors (Lipinski definition) is 3. The molecule has 3 nitrogen and oxygen atoms in total. The van der Waals surface area contributed by atoms with Gasteiger partial charge in [-0.2, -0.15) is 0 Å². The Morgan fingerprint density at radius 3 is 2.94 bits per heavy atom. The van der Waals surface area contributed by atoms with Crippen LogP contribution in [0.5, 0.6) is 0 Å². The van der Waals surface area contributed by atoms with Gasteiger partial charge in [-0.15, -0.1) is 0 Å². The summed E-state index contributed by atoms with van der Waals surface area (Å²) in [5.74, 6) is 0.779. The van der Waals surface area contributed by atoms with E-state index in [9.17, 15) is 0 Å². The monoisotopic (exact) mass is 226 g/mol. The summed E-state index contributed by atoms with van der Waals surface area (Å²) in [6, 6.07) is 5.92. The maximum absolute atomic E-state index is 5.90. The second-order valence-corrected chi connectivity index (χ2v) is 4.12. The lowest BCUT2D eigenvalue weighted by Crippen LogP contribution is -2.41. The fourth-order valence-electron chi connectivity index (χ4n) is 2.25. The molecule has 0 fully saturated rings. The number of hydrogen-bond donors (Lipinski definition) is 2. The minimum atomic E-state index is -0.00132. The van der Waals surface area contributed by atoms with Gasteiger partial charge in [0.15, 0.2) is 5.88 Å². The van der Waals surface area contributed by atoms with Crippen LogP contribution in [-0.2, 0) is 4.74 Å². The Bertz CT molecular complexity index is 641. The van der Waals surface area contributed by atoms with Crippen LogP contribution in [0.25, 0.3) is 11.5 Å². The van der Waals surface area contributed by atoms with Crippen molar-refractivity contribution in [1.29, 1.82) is 0 Å². The van der Waals surface area contributed by atoms with Gasteiger partial charge in [0.25, 0.3) is 0 Å². The fraction of sp³-hybridized carbons (Fsp3) is 0.143. The smallest absolute Gasteiger partial charge is 0.195 e. The minimum absolute atomic E-state index is 0.00132. The summed E-state index contributed by atoms with van der Waals surface area (Å²) >= 11 is 0. The number of nitrogen functional groups attached to an aromatic ring is 1. The highest BCUT2D eigenvalue weighted by Gasteiger charge is 2.20. The molecular formula is C14H14N2O. The Hall–Kier alpha value is -2.16. The number of fused-ring (bicyclic) bond motifs is 2. The first-order valence-corrected chi connectivity index (χ1v) is 5.63. The summed E-state index contributed by atoms with van der Waals surface area (Å²) in [5, 5.41) is 5.30. The highest BCUT2D eigenvalue weighted by molar-refractivity contribution is 5.69. The van der Waals surface area contributed by atoms with E-state index < -0.39 is 0 Å². The molecule has 1 aliphatic heterocycles. The summed E-state index contributed by atoms with van der Waals surface area (Å²) in [4.78, 5) is 0. The van der Waals surface area contributed by atoms with Crippen LogP contribution in [0.15, 0.2) is 42.5 Å². The van der Waals surface area contributed by atoms with E-state index in [4.69, 9.17) is 10.5 Å². The van der Waals surface area contributed by atoms with Crippen molar-refractivity contribution in [2.75, 3.05) is 12.8 Å². The Morgan fingerprint density at radius 2 is 2.12 bits per heavy atom. The topological polar surface area (TPSA) is 47.3 Å². The van der Waals surface area contributed by atoms with Gasteiger partial charge in [-0.25, -0.2) is 0 Å². The first-order valence-electron chi connectivity index (χ1n) is 5.63. The van der Waals surface area contributed by atoms with Gasteiger partial charge >= 0.3 is 0 Å². The molecule has 1 heterocycles. The van der Waals surface area contributed by atoms with Crippen LogP contribution in [0.4, 0.5) is 5.69 Å². The summed E-state index contributed by atoms with van der Waals surface area (Å²) < 4.78 is 5.90. The first-order chi connectivity index (χ1) is 8.29. The Kier molecular flexibility index (Phi) is 2.18. The van der Waals surface area contributed by atoms with E-state index in [1.165, 1.54) is 10.8 Å². The lowest BCUT2D eigenvalue weighted by molar-refractivity contribution is 0.238. The molecule has 0 saturated heterocycles. The van der Waals surface area contributed by atoms with E-state index in [1.54, 1.807) is 0 Å². The molecule has 1 aromatic carbocycles. The molecule has 3 heteroatoms. The molecule has 0 amide bonds. The number of nitrogens with two attached hydrogens (primary N) is 1. The van der Waals surface area contributed by atoms with E-state index in [0.717, 1.165) is 16.8 Å². The van der Waals surface area contributed by atoms with Gasteiger partial charge in [-0.1, -0.05) is 24.3 Å². The number of rotatable bonds is 1. The van der Waals surface area contributed by atoms with Crippen molar-refractivity contribution in [3.63, 3.8) is 0 Å². The third-order valence-corrected chi connectivity index (χ3v) is 3.05. The van der Waals surface area contributed by atoms with Crippen LogP contribution < -0.4 is 21.5 Å². The predicted molar refractivity (Wildman–Crippen MR) is 69.1 cm³/mol. The second-order valence-electron chi connectivity index (χ2n) is 4.12. The summed E-state index contributed by atoms with van der Waals surface area (Å²) in [5.41, 5.74) is 7.76. The van der Waals surface area contributed by atoms with Crippen LogP contribution in [0.1, 0.15) is 0 Å². The Morgan fingerprint density at radius 1 is 1.24 bits per heavy atom. The number of allylic oxidation sites excluding steroid dienone is 2. The van der Waals surface area contributed by atoms with E-state index in [0.29, 0.717) is 0 Å². The molecule has 0 aromatic heterocycles. The van der Waals surface area contributed by atoms with Gasteiger partial charge in [0.1, 0.15) is 6.10 Å². The largest absolute Gasteiger partial charge is 0.466 e. The molecule has 2 aliphatic rings. The summed E-state index contributed by atoms with van der Waals surface area (Å²) in [6.45, 7) is 0. The van der Waals surface area contributed by atoms with Gasteiger partial charge in [-0.3, -0.25) is 0 Å². The van der Waals surface area contributed by atoms with Crippen LogP contribution in [0.3, 0.4) is 0 Å². The maximum Gasteiger partial charge on any atom is 0.195 e. The second kappa shape index (κ2) is 3.70. The number of anilines is 1. The van der Waals surface area contributed by atoms with Crippen molar-refractivity contribution in [3.05, 3.63) is 52.9 Å². The van der Waals surface area contributed by atoms with Gasteiger partial charge in [0, 0.05) is 23.5 Å². The molecule has 1 atom stereocenters. The molecule has 3 rings (SSSR count). The normalized spacial score (nSPS) is 20.6. The lowest BCUT2D eigenvalue weighted by atomic mass is 9.98. The summed E-state index contributed by atoms with van der Waals surface area (Å²) in [6.07, 6.45) is 8.17. The zero-order chi connectivity index (χ0) is 11.8. The molecule has 17 heavy (non-hydrogen) atoms. The van der Waals surface area contributed by atoms with Gasteiger partial charge < -0.3 is 15.8 Å². The zero-order valence-electron chi connectivity index (χ0n) is 9.60. The van der Waals surface area contributed by atoms with Crippen molar-refractivity contribution in [2.24, 2.45) is 0 Å². The average Bonchev–Trinajstić information content (AvgIpc) is 2.37. The Balaban J connectivity index is 2.41. The molecule has 0 radical (unpaired) electrons. The van der Waals surface area contributed by atoms with Gasteiger partial charge in [0.05, 0.1) is 0 Å². The molecule has 86 valence electrons. The average molecular weight is 226 g/mol. The number of ether oxygens (including phenoxy) is 1. The van der Waals surface area contributed by atoms with Crippen LogP contribution >= 0.6 is 0 Å². The van der Waals surface area contributed by atoms with Crippen LogP contribution in [0.2, 0.25) is 0 Å². The lowest BCUT2D eigenvalue weighted by Gasteiger charge is -2.25. The van der Waals surface area contributed by atoms with Crippen molar-refractivity contribution in [2.45, 2.75) is 6.10 Å². The van der Waals surface area contributed by atoms with E-state index >= 15 is 0 Å². The van der Waals surface area contributed by atoms with Crippen LogP contribution in [0, 0.1) is 0 Å². The predicted octanol–water partition coefficient (Wildman–Crippen LogP) is 0.229. The van der Waals surface area contributed by atoms with Crippen molar-refractivity contribution in [1.82, 2.24) is 5.32 Å². The molecule has 1 aromatic rings. The fourth-order valence-corrected chi connectivity index (χ4v) is 2.25. The molecule has 0 bridgehead atoms. The third-order valence-electron chi connectivity index (χ3n) is 3.05. The molecule has 1 aliphatic carbocycles. The third kappa shape index (κ3) is 1.51. The van der Waals surface area contributed by atoms with E-state index in [1.807, 2.05) is 37.4 Å². The van der Waals surface area contributed by atoms with Crippen LogP contribution in [-0.4, -0.2) is 13.2 Å². The number of nitrogens with one attached hydrogen (secondary N) is 1. The first kappa shape index (κ1) is 10.0. The Labute approximate surface area is 99.6 Å². The zero-order valence-corrected chi connectivity index (χ0v) is 9.60. The molecule has 3 N–H and O–H groups in total. The minimum Gasteiger partial charge on any atom is -0.466 e. The van der Waals surface area contributed by atoms with Crippen molar-refractivity contribution < 1.29 is 4.74 Å².